The third-order valence-corrected chi connectivity index (χ3v) is 5.65. The lowest BCUT2D eigenvalue weighted by Crippen LogP contribution is -2.30. The summed E-state index contributed by atoms with van der Waals surface area (Å²) in [5.74, 6) is -1.97. The predicted molar refractivity (Wildman–Crippen MR) is 117 cm³/mol. The summed E-state index contributed by atoms with van der Waals surface area (Å²) in [7, 11) is 0. The van der Waals surface area contributed by atoms with Crippen LogP contribution < -0.4 is 0 Å². The second kappa shape index (κ2) is 19.7. The first-order valence-electron chi connectivity index (χ1n) is 12.1. The fraction of sp³-hybridized carbons (Fsp3) is 0.958. The summed E-state index contributed by atoms with van der Waals surface area (Å²) in [6.07, 6.45) is 24.4. The number of carboxylic acids is 1. The number of aliphatic hydroxyl groups is 2. The van der Waals surface area contributed by atoms with Gasteiger partial charge in [-0.25, -0.2) is 0 Å². The van der Waals surface area contributed by atoms with E-state index in [9.17, 15) is 4.79 Å². The molecule has 4 heteroatoms. The van der Waals surface area contributed by atoms with Crippen molar-refractivity contribution in [2.45, 2.75) is 148 Å². The molecule has 0 amide bonds. The molecule has 0 radical (unpaired) electrons. The quantitative estimate of drug-likeness (QED) is 0.193. The van der Waals surface area contributed by atoms with Crippen molar-refractivity contribution in [3.8, 4) is 0 Å². The van der Waals surface area contributed by atoms with Crippen molar-refractivity contribution in [2.24, 2.45) is 0 Å². The lowest BCUT2D eigenvalue weighted by Gasteiger charge is -2.25. The van der Waals surface area contributed by atoms with Gasteiger partial charge in [0, 0.05) is 19.3 Å². The molecule has 0 saturated heterocycles. The fourth-order valence-corrected chi connectivity index (χ4v) is 3.77. The molecule has 28 heavy (non-hydrogen) atoms. The molecule has 0 aliphatic heterocycles. The van der Waals surface area contributed by atoms with E-state index >= 15 is 0 Å². The summed E-state index contributed by atoms with van der Waals surface area (Å²) in [5.41, 5.74) is 0. The molecule has 0 aromatic heterocycles. The molecule has 0 atom stereocenters. The standard InChI is InChI=1S/C18H36O2.C6H12O2/c1-2-3-4-5-6-7-8-9-10-11-12-13-14-15-16-17-18(19)20;7-6(8)4-2-1-3-5-6/h2-17H2,1H3,(H,19,20);7-8H,1-5H2. The van der Waals surface area contributed by atoms with Crippen molar-refractivity contribution >= 4 is 5.97 Å². The van der Waals surface area contributed by atoms with Gasteiger partial charge in [-0.1, -0.05) is 103 Å². The van der Waals surface area contributed by atoms with Gasteiger partial charge < -0.3 is 15.3 Å². The van der Waals surface area contributed by atoms with E-state index in [4.69, 9.17) is 15.3 Å². The molecule has 4 nitrogen and oxygen atoms in total. The van der Waals surface area contributed by atoms with E-state index in [2.05, 4.69) is 6.92 Å². The van der Waals surface area contributed by atoms with Crippen LogP contribution in [0.25, 0.3) is 0 Å². The van der Waals surface area contributed by atoms with Crippen LogP contribution in [0.3, 0.4) is 0 Å². The van der Waals surface area contributed by atoms with Gasteiger partial charge >= 0.3 is 5.97 Å². The first kappa shape index (κ1) is 27.4. The monoisotopic (exact) mass is 400 g/mol. The highest BCUT2D eigenvalue weighted by atomic mass is 16.5. The van der Waals surface area contributed by atoms with Crippen molar-refractivity contribution in [3.63, 3.8) is 0 Å². The molecule has 1 rings (SSSR count). The average molecular weight is 401 g/mol. The van der Waals surface area contributed by atoms with Crippen molar-refractivity contribution < 1.29 is 20.1 Å². The number of hydrogen-bond acceptors (Lipinski definition) is 3. The number of rotatable bonds is 16. The molecule has 168 valence electrons. The SMILES string of the molecule is CCCCCCCCCCCCCCCCCC(=O)O.OC1(O)CCCCC1. The van der Waals surface area contributed by atoms with Gasteiger partial charge in [0.2, 0.25) is 0 Å². The third-order valence-electron chi connectivity index (χ3n) is 5.65. The van der Waals surface area contributed by atoms with Crippen molar-refractivity contribution in [3.05, 3.63) is 0 Å². The Kier molecular flexibility index (Phi) is 19.3. The van der Waals surface area contributed by atoms with Gasteiger partial charge in [-0.05, 0) is 19.3 Å². The second-order valence-corrected chi connectivity index (χ2v) is 8.64. The van der Waals surface area contributed by atoms with E-state index in [1.807, 2.05) is 0 Å². The summed E-state index contributed by atoms with van der Waals surface area (Å²) in [4.78, 5) is 10.3. The number of carboxylic acid groups (broad SMARTS) is 1. The summed E-state index contributed by atoms with van der Waals surface area (Å²) < 4.78 is 0. The van der Waals surface area contributed by atoms with E-state index in [0.717, 1.165) is 32.1 Å². The molecule has 0 aromatic rings. The highest BCUT2D eigenvalue weighted by Gasteiger charge is 2.24. The van der Waals surface area contributed by atoms with Gasteiger partial charge in [-0.3, -0.25) is 4.79 Å². The molecule has 1 aliphatic carbocycles. The Morgan fingerprint density at radius 3 is 1.29 bits per heavy atom. The fourth-order valence-electron chi connectivity index (χ4n) is 3.77. The largest absolute Gasteiger partial charge is 0.481 e. The Morgan fingerprint density at radius 1 is 0.643 bits per heavy atom. The van der Waals surface area contributed by atoms with Crippen LogP contribution in [0.15, 0.2) is 0 Å². The molecule has 0 aromatic carbocycles. The zero-order chi connectivity index (χ0) is 20.9. The topological polar surface area (TPSA) is 77.8 Å². The highest BCUT2D eigenvalue weighted by Crippen LogP contribution is 2.24. The van der Waals surface area contributed by atoms with E-state index < -0.39 is 11.8 Å². The van der Waals surface area contributed by atoms with E-state index in [0.29, 0.717) is 19.3 Å². The molecule has 0 unspecified atom stereocenters. The summed E-state index contributed by atoms with van der Waals surface area (Å²) in [5, 5.41) is 26.4. The molecule has 0 spiro atoms. The third kappa shape index (κ3) is 21.7. The maximum atomic E-state index is 10.3. The lowest BCUT2D eigenvalue weighted by atomic mass is 9.95. The van der Waals surface area contributed by atoms with Gasteiger partial charge in [-0.15, -0.1) is 0 Å². The second-order valence-electron chi connectivity index (χ2n) is 8.64. The van der Waals surface area contributed by atoms with Crippen molar-refractivity contribution in [1.82, 2.24) is 0 Å². The van der Waals surface area contributed by atoms with Crippen LogP contribution in [0.4, 0.5) is 0 Å². The van der Waals surface area contributed by atoms with Gasteiger partial charge in [0.1, 0.15) is 0 Å². The van der Waals surface area contributed by atoms with Crippen LogP contribution in [0.5, 0.6) is 0 Å². The molecular formula is C24H48O4. The number of unbranched alkanes of at least 4 members (excludes halogenated alkanes) is 14. The molecular weight excluding hydrogens is 352 g/mol. The Morgan fingerprint density at radius 2 is 1.00 bits per heavy atom. The van der Waals surface area contributed by atoms with Crippen LogP contribution in [0, 0.1) is 0 Å². The van der Waals surface area contributed by atoms with Gasteiger partial charge in [0.05, 0.1) is 0 Å². The zero-order valence-corrected chi connectivity index (χ0v) is 18.6. The molecule has 0 bridgehead atoms. The van der Waals surface area contributed by atoms with Crippen LogP contribution in [-0.4, -0.2) is 27.1 Å². The lowest BCUT2D eigenvalue weighted by molar-refractivity contribution is -0.180. The number of carbonyl (C=O) groups is 1. The Hall–Kier alpha value is -0.610. The van der Waals surface area contributed by atoms with Gasteiger partial charge in [-0.2, -0.15) is 0 Å². The molecule has 0 heterocycles. The maximum Gasteiger partial charge on any atom is 0.303 e. The number of aliphatic carboxylic acids is 1. The molecule has 1 saturated carbocycles. The maximum absolute atomic E-state index is 10.3. The van der Waals surface area contributed by atoms with Gasteiger partial charge in [0.25, 0.3) is 0 Å². The highest BCUT2D eigenvalue weighted by molar-refractivity contribution is 5.66. The van der Waals surface area contributed by atoms with Crippen LogP contribution in [-0.2, 0) is 4.79 Å². The van der Waals surface area contributed by atoms with E-state index in [1.54, 1.807) is 0 Å². The van der Waals surface area contributed by atoms with Crippen LogP contribution >= 0.6 is 0 Å². The summed E-state index contributed by atoms with van der Waals surface area (Å²) in [6.45, 7) is 2.27. The Balaban J connectivity index is 0.000000749. The first-order chi connectivity index (χ1) is 13.5. The minimum atomic E-state index is -1.32. The smallest absolute Gasteiger partial charge is 0.303 e. The van der Waals surface area contributed by atoms with Gasteiger partial charge in [0.15, 0.2) is 5.79 Å². The normalized spacial score (nSPS) is 15.7. The number of hydrogen-bond donors (Lipinski definition) is 3. The first-order valence-corrected chi connectivity index (χ1v) is 12.1. The minimum Gasteiger partial charge on any atom is -0.481 e. The van der Waals surface area contributed by atoms with E-state index in [1.165, 1.54) is 83.5 Å². The summed E-state index contributed by atoms with van der Waals surface area (Å²) in [6, 6.07) is 0. The van der Waals surface area contributed by atoms with Crippen LogP contribution in [0.2, 0.25) is 0 Å². The zero-order valence-electron chi connectivity index (χ0n) is 18.6. The van der Waals surface area contributed by atoms with Crippen LogP contribution in [0.1, 0.15) is 142 Å². The average Bonchev–Trinajstić information content (AvgIpc) is 2.65. The van der Waals surface area contributed by atoms with Crippen molar-refractivity contribution in [1.29, 1.82) is 0 Å². The summed E-state index contributed by atoms with van der Waals surface area (Å²) >= 11 is 0. The Bertz CT molecular complexity index is 333. The van der Waals surface area contributed by atoms with E-state index in [-0.39, 0.29) is 0 Å². The minimum absolute atomic E-state index is 0.345. The Labute approximate surface area is 174 Å². The van der Waals surface area contributed by atoms with Crippen molar-refractivity contribution in [2.75, 3.05) is 0 Å². The predicted octanol–water partition coefficient (Wildman–Crippen LogP) is 6.96. The molecule has 1 fully saturated rings. The molecule has 1 aliphatic rings. The molecule has 3 N–H and O–H groups in total.